The Morgan fingerprint density at radius 2 is 2.00 bits per heavy atom. The van der Waals surface area contributed by atoms with E-state index in [0.717, 1.165) is 38.0 Å². The molecule has 2 amide bonds. The summed E-state index contributed by atoms with van der Waals surface area (Å²) in [5.41, 5.74) is 6.62. The Morgan fingerprint density at radius 3 is 2.65 bits per heavy atom. The predicted molar refractivity (Wildman–Crippen MR) is 97.8 cm³/mol. The Balaban J connectivity index is 1.67. The lowest BCUT2D eigenvalue weighted by atomic mass is 10.1. The molecule has 1 saturated heterocycles. The molecule has 0 spiro atoms. The van der Waals surface area contributed by atoms with E-state index in [2.05, 4.69) is 6.92 Å². The van der Waals surface area contributed by atoms with E-state index < -0.39 is 5.91 Å². The van der Waals surface area contributed by atoms with Gasteiger partial charge in [0.15, 0.2) is 5.76 Å². The van der Waals surface area contributed by atoms with Crippen molar-refractivity contribution in [1.82, 2.24) is 4.90 Å². The number of nitrogens with zero attached hydrogens (tertiary/aromatic N) is 1. The summed E-state index contributed by atoms with van der Waals surface area (Å²) in [6, 6.07) is 10.4. The Hall–Kier alpha value is -2.60. The van der Waals surface area contributed by atoms with Crippen molar-refractivity contribution >= 4 is 11.8 Å². The number of amides is 2. The molecular weight excluding hydrogens is 332 g/mol. The van der Waals surface area contributed by atoms with Gasteiger partial charge < -0.3 is 19.8 Å². The maximum Gasteiger partial charge on any atom is 0.284 e. The minimum atomic E-state index is -0.604. The third kappa shape index (κ3) is 4.14. The summed E-state index contributed by atoms with van der Waals surface area (Å²) in [6.07, 6.45) is 3.07. The highest BCUT2D eigenvalue weighted by Gasteiger charge is 2.24. The molecule has 0 radical (unpaired) electrons. The fourth-order valence-corrected chi connectivity index (χ4v) is 3.13. The molecule has 1 atom stereocenters. The molecule has 1 aliphatic heterocycles. The zero-order chi connectivity index (χ0) is 18.5. The summed E-state index contributed by atoms with van der Waals surface area (Å²) in [6.45, 7) is 4.21. The third-order valence-electron chi connectivity index (χ3n) is 4.49. The van der Waals surface area contributed by atoms with Gasteiger partial charge in [-0.25, -0.2) is 0 Å². The van der Waals surface area contributed by atoms with Gasteiger partial charge >= 0.3 is 0 Å². The molecule has 1 aromatic heterocycles. The monoisotopic (exact) mass is 356 g/mol. The molecule has 2 N–H and O–H groups in total. The van der Waals surface area contributed by atoms with Crippen molar-refractivity contribution in [3.63, 3.8) is 0 Å². The number of piperidine rings is 1. The van der Waals surface area contributed by atoms with Gasteiger partial charge in [0.2, 0.25) is 0 Å². The fourth-order valence-electron chi connectivity index (χ4n) is 3.13. The highest BCUT2D eigenvalue weighted by atomic mass is 16.5. The van der Waals surface area contributed by atoms with E-state index in [0.29, 0.717) is 17.9 Å². The molecular formula is C20H24N2O4. The number of benzene rings is 1. The SMILES string of the molecule is CCCO[C@H]1CCCN(C(=O)c2ccc(-c3ccc(C(N)=O)o3)cc2)C1. The molecule has 1 aromatic carbocycles. The second-order valence-corrected chi connectivity index (χ2v) is 6.49. The first-order valence-corrected chi connectivity index (χ1v) is 8.99. The van der Waals surface area contributed by atoms with Gasteiger partial charge in [0.25, 0.3) is 11.8 Å². The van der Waals surface area contributed by atoms with E-state index >= 15 is 0 Å². The number of carbonyl (C=O) groups excluding carboxylic acids is 2. The fraction of sp³-hybridized carbons (Fsp3) is 0.400. The van der Waals surface area contributed by atoms with Crippen molar-refractivity contribution < 1.29 is 18.7 Å². The third-order valence-corrected chi connectivity index (χ3v) is 4.49. The molecule has 6 nitrogen and oxygen atoms in total. The summed E-state index contributed by atoms with van der Waals surface area (Å²) in [4.78, 5) is 25.7. The topological polar surface area (TPSA) is 85.8 Å². The van der Waals surface area contributed by atoms with Crippen LogP contribution in [0.3, 0.4) is 0 Å². The molecule has 0 saturated carbocycles. The van der Waals surface area contributed by atoms with Crippen LogP contribution in [0.5, 0.6) is 0 Å². The second kappa shape index (κ2) is 8.19. The molecule has 138 valence electrons. The highest BCUT2D eigenvalue weighted by molar-refractivity contribution is 5.95. The molecule has 2 heterocycles. The van der Waals surface area contributed by atoms with Gasteiger partial charge in [0, 0.05) is 30.8 Å². The normalized spacial score (nSPS) is 17.3. The highest BCUT2D eigenvalue weighted by Crippen LogP contribution is 2.23. The molecule has 1 fully saturated rings. The van der Waals surface area contributed by atoms with Crippen LogP contribution in [0.1, 0.15) is 47.1 Å². The molecule has 0 unspecified atom stereocenters. The van der Waals surface area contributed by atoms with Crippen molar-refractivity contribution in [2.45, 2.75) is 32.3 Å². The smallest absolute Gasteiger partial charge is 0.284 e. The van der Waals surface area contributed by atoms with Gasteiger partial charge in [-0.15, -0.1) is 0 Å². The van der Waals surface area contributed by atoms with E-state index in [4.69, 9.17) is 14.9 Å². The average Bonchev–Trinajstić information content (AvgIpc) is 3.17. The minimum Gasteiger partial charge on any atom is -0.451 e. The first kappa shape index (κ1) is 18.2. The maximum absolute atomic E-state index is 12.7. The van der Waals surface area contributed by atoms with Crippen LogP contribution < -0.4 is 5.73 Å². The lowest BCUT2D eigenvalue weighted by Gasteiger charge is -2.32. The van der Waals surface area contributed by atoms with Crippen molar-refractivity contribution in [1.29, 1.82) is 0 Å². The number of rotatable bonds is 6. The van der Waals surface area contributed by atoms with Crippen molar-refractivity contribution in [2.75, 3.05) is 19.7 Å². The lowest BCUT2D eigenvalue weighted by Crippen LogP contribution is -2.43. The number of hydrogen-bond acceptors (Lipinski definition) is 4. The Kier molecular flexibility index (Phi) is 5.73. The second-order valence-electron chi connectivity index (χ2n) is 6.49. The first-order chi connectivity index (χ1) is 12.6. The molecule has 0 aliphatic carbocycles. The Morgan fingerprint density at radius 1 is 1.23 bits per heavy atom. The van der Waals surface area contributed by atoms with Gasteiger partial charge in [0.05, 0.1) is 6.10 Å². The van der Waals surface area contributed by atoms with Gasteiger partial charge in [-0.1, -0.05) is 19.1 Å². The van der Waals surface area contributed by atoms with Gasteiger partial charge in [0.1, 0.15) is 5.76 Å². The van der Waals surface area contributed by atoms with Gasteiger partial charge in [-0.3, -0.25) is 9.59 Å². The minimum absolute atomic E-state index is 0.0126. The summed E-state index contributed by atoms with van der Waals surface area (Å²) in [7, 11) is 0. The van der Waals surface area contributed by atoms with Crippen molar-refractivity contribution in [2.24, 2.45) is 5.73 Å². The number of ether oxygens (including phenoxy) is 1. The van der Waals surface area contributed by atoms with Crippen molar-refractivity contribution in [3.05, 3.63) is 47.7 Å². The van der Waals surface area contributed by atoms with E-state index in [1.54, 1.807) is 24.3 Å². The number of primary amides is 1. The Labute approximate surface area is 152 Å². The summed E-state index contributed by atoms with van der Waals surface area (Å²) >= 11 is 0. The van der Waals surface area contributed by atoms with E-state index in [1.165, 1.54) is 0 Å². The number of likely N-dealkylation sites (tertiary alicyclic amines) is 1. The zero-order valence-corrected chi connectivity index (χ0v) is 14.9. The molecule has 1 aliphatic rings. The largest absolute Gasteiger partial charge is 0.451 e. The lowest BCUT2D eigenvalue weighted by molar-refractivity contribution is 0.00211. The number of carbonyl (C=O) groups is 2. The summed E-state index contributed by atoms with van der Waals surface area (Å²) < 4.78 is 11.2. The zero-order valence-electron chi connectivity index (χ0n) is 14.9. The van der Waals surface area contributed by atoms with E-state index in [1.807, 2.05) is 17.0 Å². The molecule has 26 heavy (non-hydrogen) atoms. The maximum atomic E-state index is 12.7. The molecule has 0 bridgehead atoms. The number of nitrogens with two attached hydrogens (primary N) is 1. The van der Waals surface area contributed by atoms with E-state index in [-0.39, 0.29) is 17.8 Å². The van der Waals surface area contributed by atoms with Crippen LogP contribution in [0.4, 0.5) is 0 Å². The van der Waals surface area contributed by atoms with Crippen LogP contribution in [0.2, 0.25) is 0 Å². The van der Waals surface area contributed by atoms with Crippen LogP contribution in [0, 0.1) is 0 Å². The predicted octanol–water partition coefficient (Wildman–Crippen LogP) is 3.08. The standard InChI is InChI=1S/C20H24N2O4/c1-2-12-25-16-4-3-11-22(13-16)20(24)15-7-5-14(6-8-15)17-9-10-18(26-17)19(21)23/h5-10,16H,2-4,11-13H2,1H3,(H2,21,23)/t16-/m0/s1. The van der Waals surface area contributed by atoms with Gasteiger partial charge in [-0.2, -0.15) is 0 Å². The Bertz CT molecular complexity index is 766. The number of hydrogen-bond donors (Lipinski definition) is 1. The van der Waals surface area contributed by atoms with Crippen LogP contribution in [0.25, 0.3) is 11.3 Å². The van der Waals surface area contributed by atoms with Crippen LogP contribution in [-0.2, 0) is 4.74 Å². The quantitative estimate of drug-likeness (QED) is 0.862. The average molecular weight is 356 g/mol. The summed E-state index contributed by atoms with van der Waals surface area (Å²) in [5, 5.41) is 0. The van der Waals surface area contributed by atoms with Crippen LogP contribution in [-0.4, -0.2) is 42.5 Å². The van der Waals surface area contributed by atoms with Crippen LogP contribution >= 0.6 is 0 Å². The van der Waals surface area contributed by atoms with Gasteiger partial charge in [-0.05, 0) is 43.5 Å². The number of furan rings is 1. The summed E-state index contributed by atoms with van der Waals surface area (Å²) in [5.74, 6) is 0.0713. The molecule has 2 aromatic rings. The molecule has 6 heteroatoms. The first-order valence-electron chi connectivity index (χ1n) is 8.99. The van der Waals surface area contributed by atoms with Crippen LogP contribution in [0.15, 0.2) is 40.8 Å². The van der Waals surface area contributed by atoms with E-state index in [9.17, 15) is 9.59 Å². The molecule has 3 rings (SSSR count). The van der Waals surface area contributed by atoms with Crippen molar-refractivity contribution in [3.8, 4) is 11.3 Å².